The molecular formula is C21H23N3O4. The molecular weight excluding hydrogens is 358 g/mol. The van der Waals surface area contributed by atoms with Crippen molar-refractivity contribution in [3.63, 3.8) is 0 Å². The third kappa shape index (κ3) is 4.25. The molecule has 0 radical (unpaired) electrons. The van der Waals surface area contributed by atoms with E-state index in [0.717, 1.165) is 11.1 Å². The van der Waals surface area contributed by atoms with Crippen molar-refractivity contribution >= 4 is 5.91 Å². The van der Waals surface area contributed by atoms with E-state index in [1.54, 1.807) is 14.2 Å². The highest BCUT2D eigenvalue weighted by Crippen LogP contribution is 2.28. The van der Waals surface area contributed by atoms with Gasteiger partial charge in [-0.15, -0.1) is 0 Å². The quantitative estimate of drug-likeness (QED) is 0.624. The van der Waals surface area contributed by atoms with Crippen LogP contribution in [-0.4, -0.2) is 36.9 Å². The molecule has 7 heteroatoms. The summed E-state index contributed by atoms with van der Waals surface area (Å²) < 4.78 is 16.1. The zero-order valence-electron chi connectivity index (χ0n) is 16.1. The van der Waals surface area contributed by atoms with E-state index >= 15 is 0 Å². The summed E-state index contributed by atoms with van der Waals surface area (Å²) in [6.07, 6.45) is 1.52. The zero-order chi connectivity index (χ0) is 19.9. The summed E-state index contributed by atoms with van der Waals surface area (Å²) in [4.78, 5) is 12.7. The van der Waals surface area contributed by atoms with E-state index in [-0.39, 0.29) is 5.91 Å². The summed E-state index contributed by atoms with van der Waals surface area (Å²) in [5.74, 6) is 1.80. The number of nitrogens with one attached hydrogen (secondary N) is 2. The fourth-order valence-electron chi connectivity index (χ4n) is 2.83. The SMILES string of the molecule is CCOc1cc(CNC(=O)c2cn[nH]c2-c2cccc(OC)c2)ccc1OC. The number of aromatic amines is 1. The number of rotatable bonds is 8. The van der Waals surface area contributed by atoms with Crippen LogP contribution in [0.3, 0.4) is 0 Å². The third-order valence-electron chi connectivity index (χ3n) is 4.22. The molecule has 0 atom stereocenters. The van der Waals surface area contributed by atoms with Gasteiger partial charge < -0.3 is 19.5 Å². The van der Waals surface area contributed by atoms with E-state index in [1.807, 2.05) is 49.4 Å². The fourth-order valence-corrected chi connectivity index (χ4v) is 2.83. The van der Waals surface area contributed by atoms with Gasteiger partial charge in [-0.3, -0.25) is 9.89 Å². The Hall–Kier alpha value is -3.48. The van der Waals surface area contributed by atoms with Crippen molar-refractivity contribution in [2.24, 2.45) is 0 Å². The Labute approximate surface area is 163 Å². The van der Waals surface area contributed by atoms with Gasteiger partial charge in [0.05, 0.1) is 38.3 Å². The Bertz CT molecular complexity index is 952. The maximum Gasteiger partial charge on any atom is 0.255 e. The first-order valence-electron chi connectivity index (χ1n) is 8.92. The molecule has 28 heavy (non-hydrogen) atoms. The van der Waals surface area contributed by atoms with Crippen LogP contribution in [0.2, 0.25) is 0 Å². The van der Waals surface area contributed by atoms with Crippen molar-refractivity contribution in [2.45, 2.75) is 13.5 Å². The number of amides is 1. The number of carbonyl (C=O) groups excluding carboxylic acids is 1. The maximum atomic E-state index is 12.7. The Balaban J connectivity index is 1.74. The van der Waals surface area contributed by atoms with Gasteiger partial charge >= 0.3 is 0 Å². The fraction of sp³-hybridized carbons (Fsp3) is 0.238. The Kier molecular flexibility index (Phi) is 6.16. The minimum absolute atomic E-state index is 0.222. The Morgan fingerprint density at radius 2 is 1.96 bits per heavy atom. The highest BCUT2D eigenvalue weighted by Gasteiger charge is 2.16. The molecule has 2 aromatic carbocycles. The monoisotopic (exact) mass is 381 g/mol. The molecule has 1 heterocycles. The zero-order valence-corrected chi connectivity index (χ0v) is 16.1. The van der Waals surface area contributed by atoms with Crippen LogP contribution in [0.5, 0.6) is 17.2 Å². The highest BCUT2D eigenvalue weighted by atomic mass is 16.5. The average molecular weight is 381 g/mol. The van der Waals surface area contributed by atoms with Crippen molar-refractivity contribution < 1.29 is 19.0 Å². The summed E-state index contributed by atoms with van der Waals surface area (Å²) in [5.41, 5.74) is 2.84. The molecule has 7 nitrogen and oxygen atoms in total. The van der Waals surface area contributed by atoms with E-state index in [1.165, 1.54) is 6.20 Å². The molecule has 1 amide bonds. The second kappa shape index (κ2) is 8.94. The molecule has 0 saturated heterocycles. The molecule has 0 saturated carbocycles. The first-order valence-corrected chi connectivity index (χ1v) is 8.92. The molecule has 1 aromatic heterocycles. The standard InChI is InChI=1S/C21H23N3O4/c1-4-28-19-10-14(8-9-18(19)27-3)12-22-21(25)17-13-23-24-20(17)15-6-5-7-16(11-15)26-2/h5-11,13H,4,12H2,1-3H3,(H,22,25)(H,23,24). The molecule has 146 valence electrons. The number of hydrogen-bond acceptors (Lipinski definition) is 5. The van der Waals surface area contributed by atoms with Gasteiger partial charge in [-0.1, -0.05) is 18.2 Å². The van der Waals surface area contributed by atoms with Crippen LogP contribution in [0.25, 0.3) is 11.3 Å². The lowest BCUT2D eigenvalue weighted by atomic mass is 10.1. The van der Waals surface area contributed by atoms with Crippen molar-refractivity contribution in [1.82, 2.24) is 15.5 Å². The number of H-pyrrole nitrogens is 1. The van der Waals surface area contributed by atoms with Crippen molar-refractivity contribution in [2.75, 3.05) is 20.8 Å². The summed E-state index contributed by atoms with van der Waals surface area (Å²) in [6.45, 7) is 2.80. The Morgan fingerprint density at radius 1 is 1.11 bits per heavy atom. The molecule has 0 spiro atoms. The van der Waals surface area contributed by atoms with E-state index in [9.17, 15) is 4.79 Å². The number of aromatic nitrogens is 2. The van der Waals surface area contributed by atoms with Gasteiger partial charge in [0.1, 0.15) is 5.75 Å². The molecule has 0 fully saturated rings. The lowest BCUT2D eigenvalue weighted by molar-refractivity contribution is 0.0951. The molecule has 0 aliphatic carbocycles. The van der Waals surface area contributed by atoms with Gasteiger partial charge in [-0.2, -0.15) is 5.10 Å². The number of ether oxygens (including phenoxy) is 3. The number of methoxy groups -OCH3 is 2. The van der Waals surface area contributed by atoms with E-state index < -0.39 is 0 Å². The molecule has 3 aromatic rings. The normalized spacial score (nSPS) is 10.4. The predicted octanol–water partition coefficient (Wildman–Crippen LogP) is 3.42. The van der Waals surface area contributed by atoms with Crippen molar-refractivity contribution in [3.05, 3.63) is 59.8 Å². The van der Waals surface area contributed by atoms with Gasteiger partial charge in [-0.25, -0.2) is 0 Å². The predicted molar refractivity (Wildman–Crippen MR) is 106 cm³/mol. The smallest absolute Gasteiger partial charge is 0.255 e. The topological polar surface area (TPSA) is 85.5 Å². The van der Waals surface area contributed by atoms with Gasteiger partial charge in [0.2, 0.25) is 0 Å². The maximum absolute atomic E-state index is 12.7. The molecule has 0 bridgehead atoms. The van der Waals surface area contributed by atoms with E-state index in [0.29, 0.717) is 41.7 Å². The first kappa shape index (κ1) is 19.3. The van der Waals surface area contributed by atoms with Crippen molar-refractivity contribution in [1.29, 1.82) is 0 Å². The minimum atomic E-state index is -0.222. The van der Waals surface area contributed by atoms with Crippen LogP contribution in [0.4, 0.5) is 0 Å². The molecule has 0 unspecified atom stereocenters. The van der Waals surface area contributed by atoms with Crippen LogP contribution in [0.1, 0.15) is 22.8 Å². The average Bonchev–Trinajstić information content (AvgIpc) is 3.22. The van der Waals surface area contributed by atoms with Crippen LogP contribution >= 0.6 is 0 Å². The van der Waals surface area contributed by atoms with Gasteiger partial charge in [0.25, 0.3) is 5.91 Å². The number of carbonyl (C=O) groups is 1. The summed E-state index contributed by atoms with van der Waals surface area (Å²) in [7, 11) is 3.20. The van der Waals surface area contributed by atoms with E-state index in [2.05, 4.69) is 15.5 Å². The number of nitrogens with zero attached hydrogens (tertiary/aromatic N) is 1. The van der Waals surface area contributed by atoms with Gasteiger partial charge in [0.15, 0.2) is 11.5 Å². The second-order valence-corrected chi connectivity index (χ2v) is 5.99. The van der Waals surface area contributed by atoms with Gasteiger partial charge in [-0.05, 0) is 36.8 Å². The first-order chi connectivity index (χ1) is 13.7. The number of hydrogen-bond donors (Lipinski definition) is 2. The third-order valence-corrected chi connectivity index (χ3v) is 4.22. The second-order valence-electron chi connectivity index (χ2n) is 5.99. The molecule has 0 aliphatic heterocycles. The summed E-state index contributed by atoms with van der Waals surface area (Å²) in [5, 5.41) is 9.84. The summed E-state index contributed by atoms with van der Waals surface area (Å²) >= 11 is 0. The molecule has 2 N–H and O–H groups in total. The lowest BCUT2D eigenvalue weighted by Gasteiger charge is -2.12. The minimum Gasteiger partial charge on any atom is -0.497 e. The highest BCUT2D eigenvalue weighted by molar-refractivity contribution is 5.99. The van der Waals surface area contributed by atoms with Crippen molar-refractivity contribution in [3.8, 4) is 28.5 Å². The summed E-state index contributed by atoms with van der Waals surface area (Å²) in [6, 6.07) is 13.0. The molecule has 0 aliphatic rings. The van der Waals surface area contributed by atoms with E-state index in [4.69, 9.17) is 14.2 Å². The Morgan fingerprint density at radius 3 is 2.71 bits per heavy atom. The molecule has 3 rings (SSSR count). The number of benzene rings is 2. The largest absolute Gasteiger partial charge is 0.497 e. The van der Waals surface area contributed by atoms with Crippen LogP contribution in [-0.2, 0) is 6.54 Å². The van der Waals surface area contributed by atoms with Crippen LogP contribution in [0, 0.1) is 0 Å². The lowest BCUT2D eigenvalue weighted by Crippen LogP contribution is -2.23. The van der Waals surface area contributed by atoms with Crippen LogP contribution < -0.4 is 19.5 Å². The van der Waals surface area contributed by atoms with Gasteiger partial charge in [0, 0.05) is 12.1 Å². The van der Waals surface area contributed by atoms with Crippen LogP contribution in [0.15, 0.2) is 48.7 Å².